The fraction of sp³-hybridized carbons (Fsp3) is 0.217. The summed E-state index contributed by atoms with van der Waals surface area (Å²) in [6.45, 7) is 4.41. The van der Waals surface area contributed by atoms with Crippen molar-refractivity contribution in [2.45, 2.75) is 31.1 Å². The van der Waals surface area contributed by atoms with E-state index in [0.29, 0.717) is 17.4 Å². The fourth-order valence-electron chi connectivity index (χ4n) is 2.90. The average molecular weight is 394 g/mol. The number of nitro benzene ring substituents is 1. The first-order valence-corrected chi connectivity index (χ1v) is 10.3. The lowest BCUT2D eigenvalue weighted by Gasteiger charge is -2.11. The Morgan fingerprint density at radius 2 is 1.68 bits per heavy atom. The minimum absolute atomic E-state index is 0.118. The third-order valence-electron chi connectivity index (χ3n) is 4.78. The van der Waals surface area contributed by atoms with Gasteiger partial charge >= 0.3 is 0 Å². The highest BCUT2D eigenvalue weighted by Crippen LogP contribution is 2.31. The standard InChI is InChI=1S/C23H23NO3S/c1-3-17(2)18-8-12-20(13-9-18)27-16-28-21-14-10-19(11-15-21)22-6-4-5-7-23(22)24(25)26/h4-15,17H,3,16H2,1-2H3. The molecule has 28 heavy (non-hydrogen) atoms. The zero-order valence-electron chi connectivity index (χ0n) is 16.0. The summed E-state index contributed by atoms with van der Waals surface area (Å²) in [6.07, 6.45) is 1.12. The second kappa shape index (κ2) is 9.42. The van der Waals surface area contributed by atoms with Crippen LogP contribution >= 0.6 is 11.8 Å². The van der Waals surface area contributed by atoms with Gasteiger partial charge in [-0.15, -0.1) is 0 Å². The molecular weight excluding hydrogens is 370 g/mol. The van der Waals surface area contributed by atoms with E-state index in [0.717, 1.165) is 22.6 Å². The summed E-state index contributed by atoms with van der Waals surface area (Å²) in [6, 6.07) is 22.8. The molecule has 0 aliphatic heterocycles. The van der Waals surface area contributed by atoms with Crippen molar-refractivity contribution in [2.75, 3.05) is 5.94 Å². The Kier molecular flexibility index (Phi) is 6.71. The Bertz CT molecular complexity index is 923. The van der Waals surface area contributed by atoms with Crippen molar-refractivity contribution in [3.05, 3.63) is 88.5 Å². The van der Waals surface area contributed by atoms with Gasteiger partial charge in [-0.2, -0.15) is 0 Å². The van der Waals surface area contributed by atoms with Crippen LogP contribution < -0.4 is 4.74 Å². The molecule has 0 spiro atoms. The fourth-order valence-corrected chi connectivity index (χ4v) is 3.56. The molecule has 0 radical (unpaired) electrons. The third-order valence-corrected chi connectivity index (χ3v) is 5.62. The molecule has 0 aliphatic carbocycles. The number of hydrogen-bond acceptors (Lipinski definition) is 4. The van der Waals surface area contributed by atoms with Crippen LogP contribution in [0.15, 0.2) is 77.7 Å². The molecule has 0 bridgehead atoms. The van der Waals surface area contributed by atoms with Crippen molar-refractivity contribution in [1.29, 1.82) is 0 Å². The summed E-state index contributed by atoms with van der Waals surface area (Å²) in [7, 11) is 0. The molecule has 0 aliphatic rings. The highest BCUT2D eigenvalue weighted by atomic mass is 32.2. The Hall–Kier alpha value is -2.79. The second-order valence-corrected chi connectivity index (χ2v) is 7.58. The molecule has 3 rings (SSSR count). The van der Waals surface area contributed by atoms with Crippen LogP contribution in [0.4, 0.5) is 5.69 Å². The molecule has 3 aromatic carbocycles. The number of para-hydroxylation sites is 1. The Labute approximate surface area is 169 Å². The van der Waals surface area contributed by atoms with E-state index < -0.39 is 0 Å². The summed E-state index contributed by atoms with van der Waals surface area (Å²) in [4.78, 5) is 11.9. The van der Waals surface area contributed by atoms with Crippen molar-refractivity contribution in [1.82, 2.24) is 0 Å². The van der Waals surface area contributed by atoms with Gasteiger partial charge in [0.05, 0.1) is 10.5 Å². The first kappa shape index (κ1) is 20.0. The molecule has 4 nitrogen and oxygen atoms in total. The number of ether oxygens (including phenoxy) is 1. The van der Waals surface area contributed by atoms with Crippen LogP contribution in [0.5, 0.6) is 5.75 Å². The normalized spacial score (nSPS) is 11.8. The van der Waals surface area contributed by atoms with Crippen LogP contribution in [-0.2, 0) is 0 Å². The van der Waals surface area contributed by atoms with Crippen LogP contribution in [0.1, 0.15) is 31.7 Å². The Morgan fingerprint density at radius 1 is 1.00 bits per heavy atom. The number of thioether (sulfide) groups is 1. The van der Waals surface area contributed by atoms with Gasteiger partial charge < -0.3 is 4.74 Å². The highest BCUT2D eigenvalue weighted by molar-refractivity contribution is 7.99. The number of nitrogens with zero attached hydrogens (tertiary/aromatic N) is 1. The first-order valence-electron chi connectivity index (χ1n) is 9.28. The quantitative estimate of drug-likeness (QED) is 0.181. The smallest absolute Gasteiger partial charge is 0.277 e. The lowest BCUT2D eigenvalue weighted by molar-refractivity contribution is -0.384. The topological polar surface area (TPSA) is 52.4 Å². The van der Waals surface area contributed by atoms with Gasteiger partial charge in [0.25, 0.3) is 5.69 Å². The average Bonchev–Trinajstić information content (AvgIpc) is 2.74. The Morgan fingerprint density at radius 3 is 2.32 bits per heavy atom. The van der Waals surface area contributed by atoms with Gasteiger partial charge in [-0.3, -0.25) is 10.1 Å². The van der Waals surface area contributed by atoms with Crippen molar-refractivity contribution in [2.24, 2.45) is 0 Å². The van der Waals surface area contributed by atoms with Gasteiger partial charge in [-0.05, 0) is 53.8 Å². The molecule has 0 fully saturated rings. The molecule has 1 unspecified atom stereocenters. The summed E-state index contributed by atoms with van der Waals surface area (Å²) in [5.74, 6) is 1.92. The summed E-state index contributed by atoms with van der Waals surface area (Å²) in [5.41, 5.74) is 2.90. The lowest BCUT2D eigenvalue weighted by atomic mass is 9.99. The van der Waals surface area contributed by atoms with Crippen molar-refractivity contribution in [3.63, 3.8) is 0 Å². The molecule has 0 heterocycles. The minimum Gasteiger partial charge on any atom is -0.483 e. The maximum atomic E-state index is 11.2. The van der Waals surface area contributed by atoms with Crippen LogP contribution in [0, 0.1) is 10.1 Å². The number of hydrogen-bond donors (Lipinski definition) is 0. The van der Waals surface area contributed by atoms with Crippen molar-refractivity contribution in [3.8, 4) is 16.9 Å². The van der Waals surface area contributed by atoms with Crippen LogP contribution in [0.3, 0.4) is 0 Å². The highest BCUT2D eigenvalue weighted by Gasteiger charge is 2.13. The van der Waals surface area contributed by atoms with Crippen molar-refractivity contribution >= 4 is 17.4 Å². The van der Waals surface area contributed by atoms with Gasteiger partial charge in [0.1, 0.15) is 11.7 Å². The predicted molar refractivity (Wildman–Crippen MR) is 115 cm³/mol. The molecule has 0 N–H and O–H groups in total. The maximum absolute atomic E-state index is 11.2. The van der Waals surface area contributed by atoms with Gasteiger partial charge in [0.2, 0.25) is 0 Å². The van der Waals surface area contributed by atoms with E-state index in [1.165, 1.54) is 11.6 Å². The first-order chi connectivity index (χ1) is 13.6. The molecule has 0 saturated heterocycles. The van der Waals surface area contributed by atoms with Crippen LogP contribution in [-0.4, -0.2) is 10.9 Å². The second-order valence-electron chi connectivity index (χ2n) is 6.58. The molecular formula is C23H23NO3S. The largest absolute Gasteiger partial charge is 0.483 e. The van der Waals surface area contributed by atoms with E-state index in [4.69, 9.17) is 4.74 Å². The molecule has 0 amide bonds. The number of rotatable bonds is 8. The van der Waals surface area contributed by atoms with E-state index in [1.54, 1.807) is 23.9 Å². The predicted octanol–water partition coefficient (Wildman–Crippen LogP) is 6.90. The minimum atomic E-state index is -0.349. The van der Waals surface area contributed by atoms with Gasteiger partial charge in [-0.25, -0.2) is 0 Å². The van der Waals surface area contributed by atoms with Gasteiger partial charge in [0, 0.05) is 11.0 Å². The molecule has 144 valence electrons. The summed E-state index contributed by atoms with van der Waals surface area (Å²) >= 11 is 1.59. The number of benzene rings is 3. The molecule has 5 heteroatoms. The third kappa shape index (κ3) is 4.93. The molecule has 0 saturated carbocycles. The molecule has 0 aromatic heterocycles. The van der Waals surface area contributed by atoms with E-state index in [-0.39, 0.29) is 10.6 Å². The molecule has 1 atom stereocenters. The van der Waals surface area contributed by atoms with E-state index in [9.17, 15) is 10.1 Å². The van der Waals surface area contributed by atoms with Gasteiger partial charge in [-0.1, -0.05) is 62.0 Å². The van der Waals surface area contributed by atoms with Gasteiger partial charge in [0.15, 0.2) is 0 Å². The summed E-state index contributed by atoms with van der Waals surface area (Å²) in [5, 5.41) is 11.2. The van der Waals surface area contributed by atoms with E-state index in [1.807, 2.05) is 42.5 Å². The monoisotopic (exact) mass is 393 g/mol. The SMILES string of the molecule is CCC(C)c1ccc(OCSc2ccc(-c3ccccc3[N+](=O)[O-])cc2)cc1. The zero-order valence-corrected chi connectivity index (χ0v) is 16.8. The zero-order chi connectivity index (χ0) is 19.9. The number of nitro groups is 1. The maximum Gasteiger partial charge on any atom is 0.277 e. The lowest BCUT2D eigenvalue weighted by Crippen LogP contribution is -1.95. The van der Waals surface area contributed by atoms with Crippen LogP contribution in [0.2, 0.25) is 0 Å². The summed E-state index contributed by atoms with van der Waals surface area (Å²) < 4.78 is 5.82. The van der Waals surface area contributed by atoms with Crippen molar-refractivity contribution < 1.29 is 9.66 Å². The Balaban J connectivity index is 1.59. The van der Waals surface area contributed by atoms with E-state index in [2.05, 4.69) is 26.0 Å². The van der Waals surface area contributed by atoms with E-state index >= 15 is 0 Å². The van der Waals surface area contributed by atoms with Crippen LogP contribution in [0.25, 0.3) is 11.1 Å². The molecule has 3 aromatic rings.